The van der Waals surface area contributed by atoms with Crippen molar-refractivity contribution in [3.05, 3.63) is 36.3 Å². The highest BCUT2D eigenvalue weighted by atomic mass is 32.2. The molecule has 190 valence electrons. The maximum atomic E-state index is 11.7. The minimum Gasteiger partial charge on any atom is -0.467 e. The predicted octanol–water partition coefficient (Wildman–Crippen LogP) is 4.35. The molecular weight excluding hydrogens is 500 g/mol. The number of pyridine rings is 2. The molecule has 36 heavy (non-hydrogen) atoms. The van der Waals surface area contributed by atoms with E-state index in [-0.39, 0.29) is 16.9 Å². The second-order valence-electron chi connectivity index (χ2n) is 9.39. The van der Waals surface area contributed by atoms with Gasteiger partial charge in [-0.1, -0.05) is 30.3 Å². The van der Waals surface area contributed by atoms with Gasteiger partial charge in [0, 0.05) is 31.5 Å². The van der Waals surface area contributed by atoms with Gasteiger partial charge in [0.25, 0.3) is 5.19 Å². The molecule has 10 nitrogen and oxygen atoms in total. The Bertz CT molecular complexity index is 1460. The van der Waals surface area contributed by atoms with Crippen LogP contribution in [0.15, 0.2) is 39.9 Å². The zero-order valence-electron chi connectivity index (χ0n) is 20.6. The molecule has 12 heteroatoms. The first-order valence-corrected chi connectivity index (χ1v) is 14.6. The Morgan fingerprint density at radius 3 is 2.44 bits per heavy atom. The Hall–Kier alpha value is -3.12. The maximum Gasteiger partial charge on any atom is 0.324 e. The number of fused-ring (bicyclic) bond motifs is 1. The van der Waals surface area contributed by atoms with Crippen LogP contribution in [0.5, 0.6) is 5.19 Å². The fourth-order valence-corrected chi connectivity index (χ4v) is 5.58. The van der Waals surface area contributed by atoms with E-state index < -0.39 is 9.84 Å². The van der Waals surface area contributed by atoms with Gasteiger partial charge in [0.15, 0.2) is 15.7 Å². The molecule has 1 aliphatic heterocycles. The summed E-state index contributed by atoms with van der Waals surface area (Å²) in [6, 6.07) is 7.51. The molecule has 1 fully saturated rings. The summed E-state index contributed by atoms with van der Waals surface area (Å²) < 4.78 is 35.0. The smallest absolute Gasteiger partial charge is 0.324 e. The van der Waals surface area contributed by atoms with Crippen LogP contribution in [0.1, 0.15) is 45.4 Å². The van der Waals surface area contributed by atoms with Crippen LogP contribution in [0.25, 0.3) is 21.7 Å². The summed E-state index contributed by atoms with van der Waals surface area (Å²) >= 11 is 1.40. The third kappa shape index (κ3) is 5.19. The van der Waals surface area contributed by atoms with E-state index in [4.69, 9.17) is 9.26 Å². The lowest BCUT2D eigenvalue weighted by molar-refractivity contribution is 0.131. The molecule has 0 saturated carbocycles. The fourth-order valence-electron chi connectivity index (χ4n) is 4.15. The van der Waals surface area contributed by atoms with Gasteiger partial charge in [0.2, 0.25) is 0 Å². The number of sulfone groups is 1. The number of piperidine rings is 1. The van der Waals surface area contributed by atoms with Crippen LogP contribution in [0.3, 0.4) is 0 Å². The van der Waals surface area contributed by atoms with E-state index >= 15 is 0 Å². The van der Waals surface area contributed by atoms with E-state index in [0.29, 0.717) is 28.5 Å². The Kier molecular flexibility index (Phi) is 6.64. The Morgan fingerprint density at radius 1 is 1.06 bits per heavy atom. The van der Waals surface area contributed by atoms with Crippen molar-refractivity contribution in [2.75, 3.05) is 24.2 Å². The van der Waals surface area contributed by atoms with Gasteiger partial charge in [-0.2, -0.15) is 4.98 Å². The highest BCUT2D eigenvalue weighted by Gasteiger charge is 2.28. The molecule has 0 spiro atoms. The number of rotatable bonds is 7. The van der Waals surface area contributed by atoms with Crippen molar-refractivity contribution in [1.29, 1.82) is 0 Å². The van der Waals surface area contributed by atoms with Crippen LogP contribution in [-0.2, 0) is 9.84 Å². The zero-order chi connectivity index (χ0) is 25.4. The van der Waals surface area contributed by atoms with E-state index in [1.165, 1.54) is 17.5 Å². The van der Waals surface area contributed by atoms with Gasteiger partial charge in [-0.3, -0.25) is 4.98 Å². The molecule has 1 saturated heterocycles. The third-order valence-electron chi connectivity index (χ3n) is 6.37. The summed E-state index contributed by atoms with van der Waals surface area (Å²) in [7, 11) is -3.29. The lowest BCUT2D eigenvalue weighted by atomic mass is 9.92. The maximum absolute atomic E-state index is 11.7. The third-order valence-corrected chi connectivity index (χ3v) is 8.32. The molecule has 0 N–H and O–H groups in total. The largest absolute Gasteiger partial charge is 0.467 e. The number of thiazole rings is 1. The van der Waals surface area contributed by atoms with Gasteiger partial charge in [-0.25, -0.2) is 18.4 Å². The number of aromatic nitrogens is 5. The van der Waals surface area contributed by atoms with E-state index in [1.54, 1.807) is 12.1 Å². The summed E-state index contributed by atoms with van der Waals surface area (Å²) in [5, 5.41) is 4.65. The van der Waals surface area contributed by atoms with Crippen molar-refractivity contribution >= 4 is 37.5 Å². The number of nitrogens with zero attached hydrogens (tertiary/aromatic N) is 6. The molecule has 1 unspecified atom stereocenters. The van der Waals surface area contributed by atoms with E-state index in [1.807, 2.05) is 26.0 Å². The van der Waals surface area contributed by atoms with Gasteiger partial charge in [-0.05, 0) is 49.9 Å². The molecule has 0 bridgehead atoms. The molecule has 1 atom stereocenters. The van der Waals surface area contributed by atoms with Crippen LogP contribution in [0, 0.1) is 5.92 Å². The quantitative estimate of drug-likeness (QED) is 0.342. The summed E-state index contributed by atoms with van der Waals surface area (Å²) in [5.41, 5.74) is 2.01. The number of anilines is 1. The SMILES string of the molecule is CC(C)c1noc(N2CCC(C(C)Oc3nc4ccc(-c5ccc(S(C)(=O)=O)cn5)nc4s3)CC2)n1. The number of ether oxygens (including phenoxy) is 1. The summed E-state index contributed by atoms with van der Waals surface area (Å²) in [5.74, 6) is 1.37. The molecule has 5 rings (SSSR count). The van der Waals surface area contributed by atoms with Gasteiger partial charge in [0.1, 0.15) is 16.5 Å². The highest BCUT2D eigenvalue weighted by molar-refractivity contribution is 7.90. The van der Waals surface area contributed by atoms with Crippen molar-refractivity contribution in [2.45, 2.75) is 50.5 Å². The van der Waals surface area contributed by atoms with Crippen molar-refractivity contribution < 1.29 is 17.7 Å². The Morgan fingerprint density at radius 2 is 1.81 bits per heavy atom. The van der Waals surface area contributed by atoms with Crippen molar-refractivity contribution in [2.24, 2.45) is 5.92 Å². The van der Waals surface area contributed by atoms with Crippen LogP contribution < -0.4 is 9.64 Å². The molecular formula is C24H28N6O4S2. The van der Waals surface area contributed by atoms with Crippen LogP contribution >= 0.6 is 11.3 Å². The summed E-state index contributed by atoms with van der Waals surface area (Å²) in [6.07, 6.45) is 4.44. The molecule has 0 amide bonds. The second-order valence-corrected chi connectivity index (χ2v) is 12.3. The van der Waals surface area contributed by atoms with Crippen molar-refractivity contribution in [3.63, 3.8) is 0 Å². The Balaban J connectivity index is 1.22. The van der Waals surface area contributed by atoms with E-state index in [2.05, 4.69) is 36.9 Å². The Labute approximate surface area is 213 Å². The summed E-state index contributed by atoms with van der Waals surface area (Å²) in [4.78, 5) is 21.1. The summed E-state index contributed by atoms with van der Waals surface area (Å²) in [6.45, 7) is 7.87. The first-order chi connectivity index (χ1) is 17.2. The molecule has 4 aromatic rings. The van der Waals surface area contributed by atoms with Crippen molar-refractivity contribution in [1.82, 2.24) is 25.1 Å². The molecule has 0 radical (unpaired) electrons. The van der Waals surface area contributed by atoms with Gasteiger partial charge in [0.05, 0.1) is 16.3 Å². The van der Waals surface area contributed by atoms with Gasteiger partial charge in [-0.15, -0.1) is 0 Å². The molecule has 4 aromatic heterocycles. The van der Waals surface area contributed by atoms with E-state index in [0.717, 1.165) is 48.4 Å². The lowest BCUT2D eigenvalue weighted by Gasteiger charge is -2.33. The van der Waals surface area contributed by atoms with Crippen LogP contribution in [-0.4, -0.2) is 59.0 Å². The first-order valence-electron chi connectivity index (χ1n) is 11.9. The second kappa shape index (κ2) is 9.74. The van der Waals surface area contributed by atoms with Gasteiger partial charge < -0.3 is 14.2 Å². The average molecular weight is 529 g/mol. The minimum absolute atomic E-state index is 0.00583. The van der Waals surface area contributed by atoms with Gasteiger partial charge >= 0.3 is 6.01 Å². The average Bonchev–Trinajstić information content (AvgIpc) is 3.50. The van der Waals surface area contributed by atoms with E-state index in [9.17, 15) is 8.42 Å². The standard InChI is InChI=1S/C24H28N6O4S2/c1-14(2)21-28-23(34-29-21)30-11-9-16(10-12-30)15(3)33-24-27-20-8-7-19(26-22(20)35-24)18-6-5-17(13-25-18)36(4,31)32/h5-8,13-16H,9-12H2,1-4H3. The fraction of sp³-hybridized carbons (Fsp3) is 0.458. The monoisotopic (exact) mass is 528 g/mol. The molecule has 0 aliphatic carbocycles. The lowest BCUT2D eigenvalue weighted by Crippen LogP contribution is -2.38. The van der Waals surface area contributed by atoms with Crippen molar-refractivity contribution in [3.8, 4) is 16.6 Å². The van der Waals surface area contributed by atoms with Crippen LogP contribution in [0.4, 0.5) is 6.01 Å². The predicted molar refractivity (Wildman–Crippen MR) is 137 cm³/mol. The normalized spacial score (nSPS) is 16.1. The highest BCUT2D eigenvalue weighted by Crippen LogP contribution is 2.32. The minimum atomic E-state index is -3.29. The topological polar surface area (TPSA) is 124 Å². The number of hydrogen-bond acceptors (Lipinski definition) is 11. The number of hydrogen-bond donors (Lipinski definition) is 0. The molecule has 5 heterocycles. The molecule has 0 aromatic carbocycles. The molecule has 1 aliphatic rings. The zero-order valence-corrected chi connectivity index (χ0v) is 22.2. The van der Waals surface area contributed by atoms with Crippen LogP contribution in [0.2, 0.25) is 0 Å². The first kappa shape index (κ1) is 24.6.